The van der Waals surface area contributed by atoms with Crippen molar-refractivity contribution in [2.45, 2.75) is 19.4 Å². The van der Waals surface area contributed by atoms with Crippen LogP contribution in [-0.2, 0) is 27.5 Å². The van der Waals surface area contributed by atoms with E-state index in [9.17, 15) is 0 Å². The Morgan fingerprint density at radius 2 is 1.42 bits per heavy atom. The minimum atomic E-state index is -2.22. The summed E-state index contributed by atoms with van der Waals surface area (Å²) in [7, 11) is 2.68. The normalized spacial score (nSPS) is 20.2. The van der Waals surface area contributed by atoms with Gasteiger partial charge in [-0.05, 0) is 0 Å². The van der Waals surface area contributed by atoms with Crippen LogP contribution in [0.25, 0.3) is 0 Å². The fourth-order valence-corrected chi connectivity index (χ4v) is 2.99. The van der Waals surface area contributed by atoms with Crippen LogP contribution in [0.3, 0.4) is 0 Å². The molecule has 2 fully saturated rings. The molecular formula is C12H22O6Si. The molecule has 0 unspecified atom stereocenters. The van der Waals surface area contributed by atoms with Crippen molar-refractivity contribution in [3.05, 3.63) is 24.0 Å². The van der Waals surface area contributed by atoms with Gasteiger partial charge >= 0.3 is 8.80 Å². The summed E-state index contributed by atoms with van der Waals surface area (Å²) in [5.74, 6) is 1.79. The first kappa shape index (κ1) is 16.0. The third-order valence-electron chi connectivity index (χ3n) is 2.51. The minimum Gasteiger partial charge on any atom is -0.483 e. The quantitative estimate of drug-likeness (QED) is 0.406. The Kier molecular flexibility index (Phi) is 6.93. The largest absolute Gasteiger partial charge is 0.500 e. The third kappa shape index (κ3) is 6.62. The second kappa shape index (κ2) is 8.21. The molecule has 110 valence electrons. The standard InChI is InChI=1S/C6H16O3Si.C6H6O3/c1-5-6-10(7-2,8-3)9-4;1(5-3-8-5)7-2-6-4-9-6/h5-6H2,1-4H3;1-2H,3-4H2. The summed E-state index contributed by atoms with van der Waals surface area (Å²) in [6, 6.07) is 0.885. The minimum absolute atomic E-state index is 0.712. The Balaban J connectivity index is 0.000000190. The van der Waals surface area contributed by atoms with Gasteiger partial charge in [-0.25, -0.2) is 0 Å². The van der Waals surface area contributed by atoms with Gasteiger partial charge in [-0.3, -0.25) is 0 Å². The first-order chi connectivity index (χ1) is 9.19. The maximum absolute atomic E-state index is 5.17. The second-order valence-corrected chi connectivity index (χ2v) is 7.02. The van der Waals surface area contributed by atoms with Crippen LogP contribution in [0.2, 0.25) is 6.04 Å². The van der Waals surface area contributed by atoms with E-state index >= 15 is 0 Å². The van der Waals surface area contributed by atoms with Gasteiger partial charge in [-0.1, -0.05) is 13.3 Å². The van der Waals surface area contributed by atoms with Crippen molar-refractivity contribution in [2.24, 2.45) is 0 Å². The van der Waals surface area contributed by atoms with E-state index in [2.05, 4.69) is 6.92 Å². The monoisotopic (exact) mass is 290 g/mol. The number of epoxide rings is 2. The molecule has 2 aliphatic heterocycles. The molecule has 0 aromatic heterocycles. The van der Waals surface area contributed by atoms with Crippen LogP contribution >= 0.6 is 0 Å². The van der Waals surface area contributed by atoms with Crippen LogP contribution in [0.4, 0.5) is 0 Å². The highest BCUT2D eigenvalue weighted by Crippen LogP contribution is 2.16. The van der Waals surface area contributed by atoms with Crippen LogP contribution in [0.15, 0.2) is 24.0 Å². The molecule has 2 saturated heterocycles. The van der Waals surface area contributed by atoms with E-state index in [1.807, 2.05) is 0 Å². The molecule has 7 heteroatoms. The summed E-state index contributed by atoms with van der Waals surface area (Å²) in [4.78, 5) is 0. The molecule has 2 rings (SSSR count). The van der Waals surface area contributed by atoms with Gasteiger partial charge in [0.2, 0.25) is 0 Å². The van der Waals surface area contributed by atoms with Crippen LogP contribution in [0.5, 0.6) is 0 Å². The second-order valence-electron chi connectivity index (χ2n) is 3.93. The first-order valence-electron chi connectivity index (χ1n) is 6.14. The number of ether oxygens (including phenoxy) is 3. The van der Waals surface area contributed by atoms with Crippen molar-refractivity contribution < 1.29 is 27.5 Å². The molecular weight excluding hydrogens is 268 g/mol. The van der Waals surface area contributed by atoms with Crippen LogP contribution in [0, 0.1) is 0 Å². The van der Waals surface area contributed by atoms with E-state index < -0.39 is 8.80 Å². The van der Waals surface area contributed by atoms with E-state index in [-0.39, 0.29) is 0 Å². The summed E-state index contributed by atoms with van der Waals surface area (Å²) in [6.07, 6.45) is 4.19. The lowest BCUT2D eigenvalue weighted by molar-refractivity contribution is 0.123. The molecule has 6 nitrogen and oxygen atoms in total. The molecule has 0 aromatic rings. The van der Waals surface area contributed by atoms with Crippen molar-refractivity contribution in [1.29, 1.82) is 0 Å². The average Bonchev–Trinajstić information content (AvgIpc) is 3.31. The fourth-order valence-electron chi connectivity index (χ4n) is 1.27. The van der Waals surface area contributed by atoms with Crippen LogP contribution in [-0.4, -0.2) is 43.3 Å². The summed E-state index contributed by atoms with van der Waals surface area (Å²) in [5, 5.41) is 0. The predicted molar refractivity (Wildman–Crippen MR) is 71.0 cm³/mol. The van der Waals surface area contributed by atoms with Crippen molar-refractivity contribution in [3.8, 4) is 0 Å². The van der Waals surface area contributed by atoms with E-state index in [1.165, 1.54) is 0 Å². The average molecular weight is 290 g/mol. The molecule has 0 aromatic carbocycles. The van der Waals surface area contributed by atoms with E-state index in [0.29, 0.717) is 13.2 Å². The van der Waals surface area contributed by atoms with Gasteiger partial charge in [0.25, 0.3) is 0 Å². The van der Waals surface area contributed by atoms with Gasteiger partial charge in [-0.15, -0.1) is 0 Å². The third-order valence-corrected chi connectivity index (χ3v) is 5.49. The van der Waals surface area contributed by atoms with Crippen molar-refractivity contribution in [2.75, 3.05) is 34.5 Å². The lowest BCUT2D eigenvalue weighted by atomic mass is 10.6. The Bertz CT molecular complexity index is 284. The van der Waals surface area contributed by atoms with Gasteiger partial charge in [0.05, 0.1) is 0 Å². The maximum atomic E-state index is 5.17. The SMILES string of the molecule is C(OC=C1CO1)=C1CO1.CCC[Si](OC)(OC)OC. The number of hydrogen-bond acceptors (Lipinski definition) is 6. The zero-order chi connectivity index (χ0) is 14.1. The molecule has 0 N–H and O–H groups in total. The van der Waals surface area contributed by atoms with Crippen molar-refractivity contribution in [1.82, 2.24) is 0 Å². The van der Waals surface area contributed by atoms with Crippen molar-refractivity contribution in [3.63, 3.8) is 0 Å². The van der Waals surface area contributed by atoms with Gasteiger partial charge in [0, 0.05) is 27.4 Å². The van der Waals surface area contributed by atoms with E-state index in [4.69, 9.17) is 27.5 Å². The predicted octanol–water partition coefficient (Wildman–Crippen LogP) is 2.02. The Morgan fingerprint density at radius 1 is 1.00 bits per heavy atom. The fraction of sp³-hybridized carbons (Fsp3) is 0.667. The Hall–Kier alpha value is -1.02. The summed E-state index contributed by atoms with van der Waals surface area (Å²) in [6.45, 7) is 3.51. The molecule has 0 amide bonds. The molecule has 0 spiro atoms. The summed E-state index contributed by atoms with van der Waals surface area (Å²) >= 11 is 0. The molecule has 0 radical (unpaired) electrons. The highest BCUT2D eigenvalue weighted by Gasteiger charge is 2.36. The molecule has 2 heterocycles. The van der Waals surface area contributed by atoms with E-state index in [1.54, 1.807) is 33.9 Å². The smallest absolute Gasteiger partial charge is 0.483 e. The van der Waals surface area contributed by atoms with Crippen LogP contribution < -0.4 is 0 Å². The first-order valence-corrected chi connectivity index (χ1v) is 8.07. The Morgan fingerprint density at radius 3 is 1.63 bits per heavy atom. The highest BCUT2D eigenvalue weighted by molar-refractivity contribution is 6.60. The maximum Gasteiger partial charge on any atom is 0.500 e. The van der Waals surface area contributed by atoms with Gasteiger partial charge in [0.15, 0.2) is 11.5 Å². The van der Waals surface area contributed by atoms with E-state index in [0.717, 1.165) is 24.0 Å². The molecule has 2 aliphatic rings. The highest BCUT2D eigenvalue weighted by atomic mass is 28.4. The Labute approximate surface area is 115 Å². The van der Waals surface area contributed by atoms with Crippen LogP contribution in [0.1, 0.15) is 13.3 Å². The zero-order valence-electron chi connectivity index (χ0n) is 11.9. The molecule has 0 saturated carbocycles. The molecule has 0 bridgehead atoms. The molecule has 19 heavy (non-hydrogen) atoms. The lowest BCUT2D eigenvalue weighted by Crippen LogP contribution is -2.42. The van der Waals surface area contributed by atoms with Gasteiger partial charge in [-0.2, -0.15) is 0 Å². The van der Waals surface area contributed by atoms with Crippen molar-refractivity contribution >= 4 is 8.80 Å². The van der Waals surface area contributed by atoms with Gasteiger partial charge in [0.1, 0.15) is 25.7 Å². The lowest BCUT2D eigenvalue weighted by Gasteiger charge is -2.23. The summed E-state index contributed by atoms with van der Waals surface area (Å²) in [5.41, 5.74) is 0. The molecule has 0 atom stereocenters. The number of hydrogen-bond donors (Lipinski definition) is 0. The topological polar surface area (TPSA) is 62.0 Å². The number of rotatable bonds is 7. The zero-order valence-corrected chi connectivity index (χ0v) is 12.9. The molecule has 0 aliphatic carbocycles. The summed E-state index contributed by atoms with van der Waals surface area (Å²) < 4.78 is 30.0. The van der Waals surface area contributed by atoms with Gasteiger partial charge < -0.3 is 27.5 Å².